The van der Waals surface area contributed by atoms with E-state index in [-0.39, 0.29) is 5.60 Å². The van der Waals surface area contributed by atoms with Crippen molar-refractivity contribution in [3.8, 4) is 17.6 Å². The third-order valence-electron chi connectivity index (χ3n) is 2.97. The smallest absolute Gasteiger partial charge is 0.139 e. The molecule has 0 saturated carbocycles. The molecule has 0 fully saturated rings. The molecule has 1 aliphatic heterocycles. The van der Waals surface area contributed by atoms with Crippen molar-refractivity contribution in [1.29, 1.82) is 0 Å². The second-order valence-corrected chi connectivity index (χ2v) is 5.24. The van der Waals surface area contributed by atoms with Gasteiger partial charge in [0, 0.05) is 12.8 Å². The summed E-state index contributed by atoms with van der Waals surface area (Å²) in [7, 11) is 0. The number of hydrogen-bond acceptors (Lipinski definition) is 1. The topological polar surface area (TPSA) is 9.23 Å². The van der Waals surface area contributed by atoms with Crippen molar-refractivity contribution in [3.63, 3.8) is 0 Å². The second-order valence-electron chi connectivity index (χ2n) is 5.24. The molecule has 0 unspecified atom stereocenters. The normalized spacial score (nSPS) is 15.7. The minimum absolute atomic E-state index is 0.0798. The van der Waals surface area contributed by atoms with E-state index in [0.717, 1.165) is 24.2 Å². The first-order valence-corrected chi connectivity index (χ1v) is 6.42. The molecule has 1 heteroatoms. The molecule has 0 aromatic heterocycles. The summed E-state index contributed by atoms with van der Waals surface area (Å²) < 4.78 is 5.98. The van der Waals surface area contributed by atoms with Crippen molar-refractivity contribution < 1.29 is 4.74 Å². The first-order chi connectivity index (χ1) is 8.12. The number of para-hydroxylation sites is 1. The summed E-state index contributed by atoms with van der Waals surface area (Å²) in [5.41, 5.74) is 2.25. The highest BCUT2D eigenvalue weighted by atomic mass is 16.5. The Morgan fingerprint density at radius 3 is 2.94 bits per heavy atom. The van der Waals surface area contributed by atoms with Crippen LogP contribution in [0, 0.1) is 11.8 Å². The fraction of sp³-hybridized carbons (Fsp3) is 0.500. The van der Waals surface area contributed by atoms with E-state index in [1.165, 1.54) is 18.4 Å². The lowest BCUT2D eigenvalue weighted by Crippen LogP contribution is -2.24. The Morgan fingerprint density at radius 1 is 1.35 bits per heavy atom. The van der Waals surface area contributed by atoms with Gasteiger partial charge in [0.25, 0.3) is 0 Å². The van der Waals surface area contributed by atoms with Crippen molar-refractivity contribution in [2.45, 2.75) is 52.1 Å². The molecule has 1 heterocycles. The molecule has 1 aromatic carbocycles. The van der Waals surface area contributed by atoms with Crippen LogP contribution >= 0.6 is 0 Å². The van der Waals surface area contributed by atoms with Gasteiger partial charge in [-0.3, -0.25) is 0 Å². The first kappa shape index (κ1) is 12.0. The first-order valence-electron chi connectivity index (χ1n) is 6.42. The highest BCUT2D eigenvalue weighted by molar-refractivity contribution is 5.53. The Morgan fingerprint density at radius 2 is 2.18 bits per heavy atom. The average molecular weight is 228 g/mol. The summed E-state index contributed by atoms with van der Waals surface area (Å²) in [5, 5.41) is 0. The number of ether oxygens (including phenoxy) is 1. The summed E-state index contributed by atoms with van der Waals surface area (Å²) in [6.45, 7) is 6.44. The van der Waals surface area contributed by atoms with Gasteiger partial charge in [-0.2, -0.15) is 0 Å². The fourth-order valence-corrected chi connectivity index (χ4v) is 2.14. The van der Waals surface area contributed by atoms with E-state index in [9.17, 15) is 0 Å². The lowest BCUT2D eigenvalue weighted by Gasteiger charge is -2.17. The quantitative estimate of drug-likeness (QED) is 0.550. The molecule has 0 amide bonds. The molecule has 1 aliphatic rings. The van der Waals surface area contributed by atoms with Gasteiger partial charge >= 0.3 is 0 Å². The van der Waals surface area contributed by atoms with Gasteiger partial charge in [0.1, 0.15) is 11.4 Å². The van der Waals surface area contributed by atoms with Crippen LogP contribution in [0.2, 0.25) is 0 Å². The maximum absolute atomic E-state index is 5.98. The van der Waals surface area contributed by atoms with E-state index in [1.54, 1.807) is 0 Å². The van der Waals surface area contributed by atoms with Crippen LogP contribution in [0.25, 0.3) is 0 Å². The van der Waals surface area contributed by atoms with Crippen LogP contribution in [0.15, 0.2) is 18.2 Å². The number of rotatable bonds is 2. The molecule has 2 rings (SSSR count). The van der Waals surface area contributed by atoms with E-state index in [1.807, 2.05) is 0 Å². The van der Waals surface area contributed by atoms with Crippen LogP contribution < -0.4 is 4.74 Å². The molecule has 0 spiro atoms. The van der Waals surface area contributed by atoms with Crippen LogP contribution in [0.1, 0.15) is 51.2 Å². The minimum Gasteiger partial charge on any atom is -0.486 e. The Labute approximate surface area is 104 Å². The van der Waals surface area contributed by atoms with Gasteiger partial charge in [0.05, 0.1) is 5.56 Å². The Balaban J connectivity index is 2.20. The molecule has 0 N–H and O–H groups in total. The minimum atomic E-state index is -0.0798. The zero-order valence-electron chi connectivity index (χ0n) is 11.0. The van der Waals surface area contributed by atoms with E-state index in [4.69, 9.17) is 4.74 Å². The maximum atomic E-state index is 5.98. The summed E-state index contributed by atoms with van der Waals surface area (Å²) in [6.07, 6.45) is 4.33. The lowest BCUT2D eigenvalue weighted by molar-refractivity contribution is 0.138. The molecule has 1 aromatic rings. The molecule has 0 saturated heterocycles. The monoisotopic (exact) mass is 228 g/mol. The zero-order valence-corrected chi connectivity index (χ0v) is 11.0. The maximum Gasteiger partial charge on any atom is 0.139 e. The highest BCUT2D eigenvalue weighted by Gasteiger charge is 2.31. The molecule has 0 aliphatic carbocycles. The van der Waals surface area contributed by atoms with Gasteiger partial charge in [-0.05, 0) is 31.9 Å². The van der Waals surface area contributed by atoms with Crippen LogP contribution in [0.3, 0.4) is 0 Å². The lowest BCUT2D eigenvalue weighted by atomic mass is 10.0. The third-order valence-corrected chi connectivity index (χ3v) is 2.97. The highest BCUT2D eigenvalue weighted by Crippen LogP contribution is 2.37. The summed E-state index contributed by atoms with van der Waals surface area (Å²) in [5.74, 6) is 7.47. The van der Waals surface area contributed by atoms with Crippen LogP contribution in [0.4, 0.5) is 0 Å². The van der Waals surface area contributed by atoms with E-state index in [2.05, 4.69) is 50.8 Å². The van der Waals surface area contributed by atoms with Crippen LogP contribution in [-0.4, -0.2) is 5.60 Å². The van der Waals surface area contributed by atoms with Gasteiger partial charge in [0.2, 0.25) is 0 Å². The van der Waals surface area contributed by atoms with Crippen LogP contribution in [-0.2, 0) is 6.42 Å². The Bertz CT molecular complexity index is 460. The number of unbranched alkanes of at least 4 members (excludes halogenated alkanes) is 2. The van der Waals surface area contributed by atoms with Gasteiger partial charge in [-0.15, -0.1) is 0 Å². The molecule has 0 radical (unpaired) electrons. The average Bonchev–Trinajstić information content (AvgIpc) is 2.59. The van der Waals surface area contributed by atoms with Gasteiger partial charge in [-0.25, -0.2) is 0 Å². The molecule has 0 atom stereocenters. The van der Waals surface area contributed by atoms with E-state index >= 15 is 0 Å². The van der Waals surface area contributed by atoms with E-state index in [0.29, 0.717) is 0 Å². The largest absolute Gasteiger partial charge is 0.486 e. The van der Waals surface area contributed by atoms with Crippen LogP contribution in [0.5, 0.6) is 5.75 Å². The van der Waals surface area contributed by atoms with Gasteiger partial charge in [0.15, 0.2) is 0 Å². The number of fused-ring (bicyclic) bond motifs is 1. The third kappa shape index (κ3) is 2.82. The Kier molecular flexibility index (Phi) is 3.43. The summed E-state index contributed by atoms with van der Waals surface area (Å²) in [4.78, 5) is 0. The SMILES string of the molecule is CCCCC#Cc1cccc2c1OC(C)(C)C2. The van der Waals surface area contributed by atoms with Crippen molar-refractivity contribution in [1.82, 2.24) is 0 Å². The molecular weight excluding hydrogens is 208 g/mol. The van der Waals surface area contributed by atoms with Gasteiger partial charge in [-0.1, -0.05) is 37.3 Å². The predicted octanol–water partition coefficient (Wildman–Crippen LogP) is 3.94. The molecule has 1 nitrogen and oxygen atoms in total. The van der Waals surface area contributed by atoms with Crippen molar-refractivity contribution in [3.05, 3.63) is 29.3 Å². The molecular formula is C16H20O. The van der Waals surface area contributed by atoms with Crippen molar-refractivity contribution >= 4 is 0 Å². The predicted molar refractivity (Wildman–Crippen MR) is 71.3 cm³/mol. The molecule has 0 bridgehead atoms. The van der Waals surface area contributed by atoms with Crippen molar-refractivity contribution in [2.24, 2.45) is 0 Å². The zero-order chi connectivity index (χ0) is 12.3. The molecule has 90 valence electrons. The summed E-state index contributed by atoms with van der Waals surface area (Å²) in [6, 6.07) is 6.27. The standard InChI is InChI=1S/C16H20O/c1-4-5-6-7-9-13-10-8-11-14-12-16(2,3)17-15(13)14/h8,10-11H,4-6,12H2,1-3H3. The second kappa shape index (κ2) is 4.84. The number of benzene rings is 1. The van der Waals surface area contributed by atoms with E-state index < -0.39 is 0 Å². The fourth-order valence-electron chi connectivity index (χ4n) is 2.14. The molecule has 17 heavy (non-hydrogen) atoms. The number of hydrogen-bond donors (Lipinski definition) is 0. The Hall–Kier alpha value is -1.42. The van der Waals surface area contributed by atoms with Crippen molar-refractivity contribution in [2.75, 3.05) is 0 Å². The summed E-state index contributed by atoms with van der Waals surface area (Å²) >= 11 is 0. The van der Waals surface area contributed by atoms with Gasteiger partial charge < -0.3 is 4.74 Å².